The van der Waals surface area contributed by atoms with Crippen LogP contribution in [0, 0.1) is 10.8 Å². The molecule has 1 aliphatic carbocycles. The molecule has 2 aliphatic rings. The van der Waals surface area contributed by atoms with E-state index in [1.807, 2.05) is 18.2 Å². The third-order valence-electron chi connectivity index (χ3n) is 4.89. The molecule has 3 rings (SSSR count). The van der Waals surface area contributed by atoms with Crippen LogP contribution in [-0.2, 0) is 6.54 Å². The molecule has 0 radical (unpaired) electrons. The first-order chi connectivity index (χ1) is 8.87. The molecule has 2 bridgehead atoms. The minimum absolute atomic E-state index is 0.438. The molecule has 1 N–H and O–H groups in total. The summed E-state index contributed by atoms with van der Waals surface area (Å²) in [6.45, 7) is 9.31. The molecule has 2 unspecified atom stereocenters. The third-order valence-corrected chi connectivity index (χ3v) is 4.89. The smallest absolute Gasteiger partial charge is 0.120 e. The van der Waals surface area contributed by atoms with Gasteiger partial charge in [0.2, 0.25) is 0 Å². The second kappa shape index (κ2) is 4.24. The molecular weight excluding hydrogens is 234 g/mol. The molecule has 1 saturated carbocycles. The lowest BCUT2D eigenvalue weighted by atomic mass is 9.65. The highest BCUT2D eigenvalue weighted by Gasteiger charge is 2.49. The van der Waals surface area contributed by atoms with Crippen LogP contribution in [0.15, 0.2) is 24.3 Å². The Morgan fingerprint density at radius 1 is 1.21 bits per heavy atom. The molecule has 1 saturated heterocycles. The van der Waals surface area contributed by atoms with Crippen molar-refractivity contribution in [3.05, 3.63) is 29.8 Å². The van der Waals surface area contributed by atoms with Crippen molar-refractivity contribution in [3.63, 3.8) is 0 Å². The summed E-state index contributed by atoms with van der Waals surface area (Å²) in [6, 6.07) is 8.44. The number of rotatable bonds is 2. The van der Waals surface area contributed by atoms with Crippen molar-refractivity contribution in [2.45, 2.75) is 52.6 Å². The Hall–Kier alpha value is -1.02. The van der Waals surface area contributed by atoms with Gasteiger partial charge in [-0.25, -0.2) is 0 Å². The second-order valence-corrected chi connectivity index (χ2v) is 7.75. The molecule has 1 aliphatic heterocycles. The van der Waals surface area contributed by atoms with E-state index in [0.29, 0.717) is 22.6 Å². The van der Waals surface area contributed by atoms with Crippen LogP contribution < -0.4 is 0 Å². The van der Waals surface area contributed by atoms with E-state index in [-0.39, 0.29) is 0 Å². The van der Waals surface area contributed by atoms with Crippen molar-refractivity contribution in [1.82, 2.24) is 4.90 Å². The number of benzene rings is 1. The van der Waals surface area contributed by atoms with Crippen molar-refractivity contribution in [1.29, 1.82) is 0 Å². The predicted molar refractivity (Wildman–Crippen MR) is 78.0 cm³/mol. The molecule has 19 heavy (non-hydrogen) atoms. The van der Waals surface area contributed by atoms with Crippen LogP contribution in [0.1, 0.15) is 45.6 Å². The molecule has 1 aromatic rings. The lowest BCUT2D eigenvalue weighted by Crippen LogP contribution is -2.34. The lowest BCUT2D eigenvalue weighted by Gasteiger charge is -2.40. The van der Waals surface area contributed by atoms with Gasteiger partial charge < -0.3 is 5.11 Å². The van der Waals surface area contributed by atoms with Gasteiger partial charge in [0.05, 0.1) is 0 Å². The summed E-state index contributed by atoms with van der Waals surface area (Å²) in [6.07, 6.45) is 3.94. The number of fused-ring (bicyclic) bond motifs is 2. The molecule has 0 aromatic heterocycles. The molecule has 2 heteroatoms. The number of likely N-dealkylation sites (tertiary alicyclic amines) is 1. The molecule has 2 nitrogen and oxygen atoms in total. The molecular formula is C17H25NO. The van der Waals surface area contributed by atoms with Crippen molar-refractivity contribution in [2.24, 2.45) is 10.8 Å². The summed E-state index contributed by atoms with van der Waals surface area (Å²) in [5.74, 6) is 0.438. The van der Waals surface area contributed by atoms with E-state index >= 15 is 0 Å². The van der Waals surface area contributed by atoms with E-state index in [9.17, 15) is 5.11 Å². The Labute approximate surface area is 116 Å². The number of phenolic OH excluding ortho intramolecular Hbond substituents is 1. The Morgan fingerprint density at radius 3 is 2.68 bits per heavy atom. The molecule has 0 amide bonds. The molecule has 2 atom stereocenters. The van der Waals surface area contributed by atoms with E-state index in [1.165, 1.54) is 25.8 Å². The minimum Gasteiger partial charge on any atom is -0.508 e. The zero-order chi connectivity index (χ0) is 13.7. The summed E-state index contributed by atoms with van der Waals surface area (Å²) < 4.78 is 0. The molecule has 104 valence electrons. The standard InChI is InChI=1S/C17H25NO/c1-16(2)8-14-9-17(3,11-16)12-18(14)10-13-6-4-5-7-15(13)19/h4-7,14,19H,8-12H2,1-3H3. The van der Waals surface area contributed by atoms with Crippen LogP contribution >= 0.6 is 0 Å². The highest BCUT2D eigenvalue weighted by Crippen LogP contribution is 2.52. The quantitative estimate of drug-likeness (QED) is 0.873. The van der Waals surface area contributed by atoms with Crippen LogP contribution in [0.2, 0.25) is 0 Å². The molecule has 1 aromatic carbocycles. The fourth-order valence-electron chi connectivity index (χ4n) is 4.62. The van der Waals surface area contributed by atoms with Gasteiger partial charge in [-0.15, -0.1) is 0 Å². The Kier molecular flexibility index (Phi) is 2.90. The van der Waals surface area contributed by atoms with Crippen LogP contribution in [0.5, 0.6) is 5.75 Å². The third kappa shape index (κ3) is 2.51. The summed E-state index contributed by atoms with van der Waals surface area (Å²) in [5.41, 5.74) is 2.00. The van der Waals surface area contributed by atoms with Gasteiger partial charge in [-0.1, -0.05) is 39.0 Å². The number of phenols is 1. The van der Waals surface area contributed by atoms with Crippen LogP contribution in [0.25, 0.3) is 0 Å². The SMILES string of the molecule is CC1(C)CC2CC(C)(CN2Cc2ccccc2O)C1. The van der Waals surface area contributed by atoms with Gasteiger partial charge in [0, 0.05) is 24.7 Å². The Balaban J connectivity index is 1.79. The van der Waals surface area contributed by atoms with Gasteiger partial charge in [-0.3, -0.25) is 4.90 Å². The van der Waals surface area contributed by atoms with Gasteiger partial charge in [0.25, 0.3) is 0 Å². The molecule has 0 spiro atoms. The first-order valence-corrected chi connectivity index (χ1v) is 7.38. The Morgan fingerprint density at radius 2 is 1.95 bits per heavy atom. The maximum Gasteiger partial charge on any atom is 0.120 e. The summed E-state index contributed by atoms with van der Waals surface area (Å²) in [7, 11) is 0. The monoisotopic (exact) mass is 259 g/mol. The average Bonchev–Trinajstić information content (AvgIpc) is 2.51. The maximum atomic E-state index is 9.95. The van der Waals surface area contributed by atoms with Crippen molar-refractivity contribution < 1.29 is 5.11 Å². The number of hydrogen-bond acceptors (Lipinski definition) is 2. The Bertz CT molecular complexity index is 482. The fourth-order valence-corrected chi connectivity index (χ4v) is 4.62. The van der Waals surface area contributed by atoms with E-state index < -0.39 is 0 Å². The number of nitrogens with zero attached hydrogens (tertiary/aromatic N) is 1. The van der Waals surface area contributed by atoms with Crippen molar-refractivity contribution in [2.75, 3.05) is 6.54 Å². The highest BCUT2D eigenvalue weighted by molar-refractivity contribution is 5.31. The minimum atomic E-state index is 0.438. The topological polar surface area (TPSA) is 23.5 Å². The zero-order valence-electron chi connectivity index (χ0n) is 12.3. The lowest BCUT2D eigenvalue weighted by molar-refractivity contribution is 0.126. The molecule has 2 fully saturated rings. The summed E-state index contributed by atoms with van der Waals surface area (Å²) in [5, 5.41) is 9.95. The van der Waals surface area contributed by atoms with Crippen molar-refractivity contribution >= 4 is 0 Å². The van der Waals surface area contributed by atoms with Crippen LogP contribution in [0.3, 0.4) is 0 Å². The zero-order valence-corrected chi connectivity index (χ0v) is 12.3. The first-order valence-electron chi connectivity index (χ1n) is 7.38. The van der Waals surface area contributed by atoms with Gasteiger partial charge >= 0.3 is 0 Å². The van der Waals surface area contributed by atoms with Crippen molar-refractivity contribution in [3.8, 4) is 5.75 Å². The van der Waals surface area contributed by atoms with Gasteiger partial charge in [-0.05, 0) is 36.2 Å². The van der Waals surface area contributed by atoms with Gasteiger partial charge in [-0.2, -0.15) is 0 Å². The number of hydrogen-bond donors (Lipinski definition) is 1. The average molecular weight is 259 g/mol. The van der Waals surface area contributed by atoms with Gasteiger partial charge in [0.15, 0.2) is 0 Å². The summed E-state index contributed by atoms with van der Waals surface area (Å²) in [4.78, 5) is 2.59. The summed E-state index contributed by atoms with van der Waals surface area (Å²) >= 11 is 0. The second-order valence-electron chi connectivity index (χ2n) is 7.75. The van der Waals surface area contributed by atoms with E-state index in [4.69, 9.17) is 0 Å². The van der Waals surface area contributed by atoms with E-state index in [2.05, 4.69) is 25.7 Å². The largest absolute Gasteiger partial charge is 0.508 e. The van der Waals surface area contributed by atoms with Crippen LogP contribution in [0.4, 0.5) is 0 Å². The maximum absolute atomic E-state index is 9.95. The number of aromatic hydroxyl groups is 1. The van der Waals surface area contributed by atoms with E-state index in [1.54, 1.807) is 6.07 Å². The predicted octanol–water partition coefficient (Wildman–Crippen LogP) is 3.79. The number of para-hydroxylation sites is 1. The fraction of sp³-hybridized carbons (Fsp3) is 0.647. The first kappa shape index (κ1) is 13.0. The van der Waals surface area contributed by atoms with E-state index in [0.717, 1.165) is 12.1 Å². The molecule has 1 heterocycles. The van der Waals surface area contributed by atoms with Crippen LogP contribution in [-0.4, -0.2) is 22.6 Å². The normalized spacial score (nSPS) is 33.5. The van der Waals surface area contributed by atoms with Gasteiger partial charge in [0.1, 0.15) is 5.75 Å². The highest BCUT2D eigenvalue weighted by atomic mass is 16.3.